The lowest BCUT2D eigenvalue weighted by Crippen LogP contribution is -2.40. The number of hydrogen-bond donors (Lipinski definition) is 1. The van der Waals surface area contributed by atoms with Gasteiger partial charge in [-0.2, -0.15) is 31.8 Å². The summed E-state index contributed by atoms with van der Waals surface area (Å²) in [5.74, 6) is -1.46. The molecule has 0 saturated heterocycles. The highest BCUT2D eigenvalue weighted by molar-refractivity contribution is 4.80. The van der Waals surface area contributed by atoms with E-state index in [1.807, 2.05) is 0 Å². The zero-order valence-electron chi connectivity index (χ0n) is 8.87. The topological polar surface area (TPSA) is 21.3 Å². The lowest BCUT2D eigenvalue weighted by Gasteiger charge is -2.30. The van der Waals surface area contributed by atoms with Gasteiger partial charge in [0.15, 0.2) is 6.61 Å². The summed E-state index contributed by atoms with van der Waals surface area (Å²) in [5, 5.41) is 0. The van der Waals surface area contributed by atoms with Crippen molar-refractivity contribution in [1.82, 2.24) is 5.48 Å². The van der Waals surface area contributed by atoms with Crippen molar-refractivity contribution >= 4 is 0 Å². The molecule has 2 unspecified atom stereocenters. The summed E-state index contributed by atoms with van der Waals surface area (Å²) >= 11 is 0. The summed E-state index contributed by atoms with van der Waals surface area (Å²) in [4.78, 5) is 4.16. The lowest BCUT2D eigenvalue weighted by atomic mass is 9.86. The second kappa shape index (κ2) is 5.43. The molecule has 102 valence electrons. The van der Waals surface area contributed by atoms with Crippen molar-refractivity contribution in [3.8, 4) is 0 Å². The zero-order valence-corrected chi connectivity index (χ0v) is 8.87. The van der Waals surface area contributed by atoms with Crippen molar-refractivity contribution in [2.24, 2.45) is 5.92 Å². The molecule has 1 fully saturated rings. The van der Waals surface area contributed by atoms with Crippen LogP contribution in [0, 0.1) is 5.92 Å². The Morgan fingerprint density at radius 1 is 1.06 bits per heavy atom. The Labute approximate surface area is 94.3 Å². The van der Waals surface area contributed by atoms with Gasteiger partial charge in [0.05, 0.1) is 5.92 Å². The molecular formula is C9H13F6NO. The fraction of sp³-hybridized carbons (Fsp3) is 1.00. The van der Waals surface area contributed by atoms with Crippen LogP contribution in [0.25, 0.3) is 0 Å². The van der Waals surface area contributed by atoms with Gasteiger partial charge in [-0.05, 0) is 19.3 Å². The zero-order chi connectivity index (χ0) is 13.1. The van der Waals surface area contributed by atoms with Crippen molar-refractivity contribution in [1.29, 1.82) is 0 Å². The average molecular weight is 265 g/mol. The van der Waals surface area contributed by atoms with Gasteiger partial charge in [0.1, 0.15) is 0 Å². The Kier molecular flexibility index (Phi) is 4.65. The Balaban J connectivity index is 2.30. The van der Waals surface area contributed by atoms with Gasteiger partial charge in [0, 0.05) is 6.04 Å². The Hall–Kier alpha value is -0.500. The molecule has 2 atom stereocenters. The first-order chi connectivity index (χ1) is 7.68. The van der Waals surface area contributed by atoms with Crippen molar-refractivity contribution in [2.75, 3.05) is 6.61 Å². The minimum Gasteiger partial charge on any atom is -0.292 e. The summed E-state index contributed by atoms with van der Waals surface area (Å²) in [6.07, 6.45) is -8.25. The van der Waals surface area contributed by atoms with Crippen LogP contribution in [0.1, 0.15) is 25.7 Å². The molecular weight excluding hydrogens is 252 g/mol. The van der Waals surface area contributed by atoms with E-state index in [0.29, 0.717) is 12.8 Å². The molecule has 0 aromatic carbocycles. The number of hydroxylamine groups is 1. The molecule has 8 heteroatoms. The highest BCUT2D eigenvalue weighted by Gasteiger charge is 2.42. The van der Waals surface area contributed by atoms with Crippen LogP contribution in [0.15, 0.2) is 0 Å². The van der Waals surface area contributed by atoms with Crippen LogP contribution in [-0.4, -0.2) is 25.0 Å². The highest BCUT2D eigenvalue weighted by Crippen LogP contribution is 2.37. The fourth-order valence-corrected chi connectivity index (χ4v) is 1.84. The maximum Gasteiger partial charge on any atom is 0.413 e. The summed E-state index contributed by atoms with van der Waals surface area (Å²) in [5.41, 5.74) is 2.06. The smallest absolute Gasteiger partial charge is 0.292 e. The normalized spacial score (nSPS) is 27.2. The number of nitrogens with one attached hydrogen (secondary N) is 1. The first-order valence-corrected chi connectivity index (χ1v) is 5.19. The van der Waals surface area contributed by atoms with Gasteiger partial charge in [-0.3, -0.25) is 4.84 Å². The van der Waals surface area contributed by atoms with E-state index in [-0.39, 0.29) is 12.8 Å². The summed E-state index contributed by atoms with van der Waals surface area (Å²) in [6.45, 7) is -1.50. The molecule has 0 amide bonds. The maximum atomic E-state index is 12.4. The standard InChI is InChI=1S/C9H13F6NO/c10-8(11,12)5-17-16-7-3-1-2-6(4-7)9(13,14)15/h6-7,16H,1-5H2. The fourth-order valence-electron chi connectivity index (χ4n) is 1.84. The monoisotopic (exact) mass is 265 g/mol. The van der Waals surface area contributed by atoms with E-state index in [2.05, 4.69) is 10.3 Å². The van der Waals surface area contributed by atoms with Gasteiger partial charge in [-0.1, -0.05) is 6.42 Å². The third-order valence-corrected chi connectivity index (χ3v) is 2.62. The maximum absolute atomic E-state index is 12.4. The third-order valence-electron chi connectivity index (χ3n) is 2.62. The van der Waals surface area contributed by atoms with Crippen LogP contribution in [0.5, 0.6) is 0 Å². The van der Waals surface area contributed by atoms with E-state index in [4.69, 9.17) is 0 Å². The third kappa shape index (κ3) is 5.58. The van der Waals surface area contributed by atoms with E-state index >= 15 is 0 Å². The van der Waals surface area contributed by atoms with Gasteiger partial charge in [0.25, 0.3) is 0 Å². The molecule has 1 N–H and O–H groups in total. The number of halogens is 6. The van der Waals surface area contributed by atoms with Gasteiger partial charge < -0.3 is 0 Å². The molecule has 0 spiro atoms. The molecule has 1 aliphatic rings. The Bertz CT molecular complexity index is 239. The molecule has 1 rings (SSSR count). The van der Waals surface area contributed by atoms with Crippen LogP contribution in [0.3, 0.4) is 0 Å². The Morgan fingerprint density at radius 2 is 1.71 bits per heavy atom. The SMILES string of the molecule is FC(F)(F)CONC1CCCC(C(F)(F)F)C1. The van der Waals surface area contributed by atoms with Crippen LogP contribution in [-0.2, 0) is 4.84 Å². The number of rotatable bonds is 3. The minimum absolute atomic E-state index is 0.0287. The minimum atomic E-state index is -4.48. The summed E-state index contributed by atoms with van der Waals surface area (Å²) < 4.78 is 72.3. The van der Waals surface area contributed by atoms with E-state index in [1.165, 1.54) is 0 Å². The molecule has 17 heavy (non-hydrogen) atoms. The van der Waals surface area contributed by atoms with Crippen LogP contribution in [0.4, 0.5) is 26.3 Å². The van der Waals surface area contributed by atoms with Crippen LogP contribution in [0.2, 0.25) is 0 Å². The predicted molar refractivity (Wildman–Crippen MR) is 46.9 cm³/mol. The van der Waals surface area contributed by atoms with Crippen molar-refractivity contribution < 1.29 is 31.2 Å². The second-order valence-corrected chi connectivity index (χ2v) is 4.12. The van der Waals surface area contributed by atoms with Crippen molar-refractivity contribution in [3.05, 3.63) is 0 Å². The van der Waals surface area contributed by atoms with Gasteiger partial charge in [0.2, 0.25) is 0 Å². The van der Waals surface area contributed by atoms with Crippen LogP contribution < -0.4 is 5.48 Å². The number of alkyl halides is 6. The highest BCUT2D eigenvalue weighted by atomic mass is 19.4. The molecule has 2 nitrogen and oxygen atoms in total. The molecule has 1 saturated carbocycles. The van der Waals surface area contributed by atoms with Crippen molar-refractivity contribution in [2.45, 2.75) is 44.1 Å². The number of hydrogen-bond acceptors (Lipinski definition) is 2. The van der Waals surface area contributed by atoms with Crippen molar-refractivity contribution in [3.63, 3.8) is 0 Å². The first-order valence-electron chi connectivity index (χ1n) is 5.19. The molecule has 0 bridgehead atoms. The Morgan fingerprint density at radius 3 is 2.24 bits per heavy atom. The van der Waals surface area contributed by atoms with E-state index in [0.717, 1.165) is 0 Å². The molecule has 0 aromatic heterocycles. The molecule has 0 heterocycles. The largest absolute Gasteiger partial charge is 0.413 e. The van der Waals surface area contributed by atoms with Gasteiger partial charge in [-0.25, -0.2) is 0 Å². The predicted octanol–water partition coefficient (Wildman–Crippen LogP) is 3.19. The van der Waals surface area contributed by atoms with Gasteiger partial charge >= 0.3 is 12.4 Å². The summed E-state index contributed by atoms with van der Waals surface area (Å²) in [6, 6.07) is -0.669. The summed E-state index contributed by atoms with van der Waals surface area (Å²) in [7, 11) is 0. The van der Waals surface area contributed by atoms with E-state index in [9.17, 15) is 26.3 Å². The molecule has 0 aromatic rings. The lowest BCUT2D eigenvalue weighted by molar-refractivity contribution is -0.204. The quantitative estimate of drug-likeness (QED) is 0.625. The van der Waals surface area contributed by atoms with E-state index < -0.39 is 30.9 Å². The van der Waals surface area contributed by atoms with Crippen LogP contribution >= 0.6 is 0 Å². The van der Waals surface area contributed by atoms with Gasteiger partial charge in [-0.15, -0.1) is 0 Å². The average Bonchev–Trinajstić information content (AvgIpc) is 2.15. The molecule has 0 radical (unpaired) electrons. The second-order valence-electron chi connectivity index (χ2n) is 4.12. The van der Waals surface area contributed by atoms with E-state index in [1.54, 1.807) is 0 Å². The first kappa shape index (κ1) is 14.6. The molecule has 0 aliphatic heterocycles. The molecule has 1 aliphatic carbocycles.